The number of carbonyl (C=O) groups excluding carboxylic acids is 2. The Hall–Kier alpha value is -1.88. The predicted molar refractivity (Wildman–Crippen MR) is 95.2 cm³/mol. The van der Waals surface area contributed by atoms with Crippen LogP contribution in [0.5, 0.6) is 0 Å². The maximum absolute atomic E-state index is 12.4. The van der Waals surface area contributed by atoms with Gasteiger partial charge in [0.25, 0.3) is 0 Å². The molecule has 4 rings (SSSR count). The lowest BCUT2D eigenvalue weighted by atomic mass is 9.84. The number of amides is 2. The smallest absolute Gasteiger partial charge is 0.224 e. The minimum Gasteiger partial charge on any atom is -0.356 e. The van der Waals surface area contributed by atoms with Crippen LogP contribution in [0.25, 0.3) is 0 Å². The molecule has 1 aliphatic heterocycles. The lowest BCUT2D eigenvalue weighted by molar-refractivity contribution is -0.132. The van der Waals surface area contributed by atoms with Gasteiger partial charge in [-0.05, 0) is 48.6 Å². The number of nitrogens with two attached hydrogens (primary N) is 1. The molecule has 2 saturated carbocycles. The summed E-state index contributed by atoms with van der Waals surface area (Å²) in [6.07, 6.45) is 4.62. The van der Waals surface area contributed by atoms with E-state index in [4.69, 9.17) is 5.73 Å². The third-order valence-electron chi connectivity index (χ3n) is 6.34. The molecule has 0 spiro atoms. The van der Waals surface area contributed by atoms with Crippen molar-refractivity contribution in [3.63, 3.8) is 0 Å². The fourth-order valence-electron chi connectivity index (χ4n) is 4.96. The molecule has 1 aromatic carbocycles. The van der Waals surface area contributed by atoms with Crippen molar-refractivity contribution in [2.24, 2.45) is 23.5 Å². The quantitative estimate of drug-likeness (QED) is 0.802. The second kappa shape index (κ2) is 6.79. The Labute approximate surface area is 148 Å². The molecule has 2 fully saturated rings. The molecule has 25 heavy (non-hydrogen) atoms. The fourth-order valence-corrected chi connectivity index (χ4v) is 4.96. The zero-order valence-electron chi connectivity index (χ0n) is 14.6. The molecule has 2 bridgehead atoms. The summed E-state index contributed by atoms with van der Waals surface area (Å²) in [6, 6.07) is 8.23. The van der Waals surface area contributed by atoms with E-state index in [-0.39, 0.29) is 23.8 Å². The second-order valence-corrected chi connectivity index (χ2v) is 7.85. The lowest BCUT2D eigenvalue weighted by Crippen LogP contribution is -2.45. The Kier molecular flexibility index (Phi) is 4.50. The van der Waals surface area contributed by atoms with Gasteiger partial charge in [0.2, 0.25) is 11.8 Å². The number of hydrogen-bond donors (Lipinski definition) is 2. The van der Waals surface area contributed by atoms with Crippen molar-refractivity contribution in [2.75, 3.05) is 6.54 Å². The number of nitrogens with one attached hydrogen (secondary N) is 1. The van der Waals surface area contributed by atoms with Gasteiger partial charge in [-0.2, -0.15) is 0 Å². The average molecular weight is 341 g/mol. The summed E-state index contributed by atoms with van der Waals surface area (Å²) < 4.78 is 0. The summed E-state index contributed by atoms with van der Waals surface area (Å²) >= 11 is 0. The maximum atomic E-state index is 12.4. The van der Waals surface area contributed by atoms with Crippen LogP contribution in [-0.4, -0.2) is 29.3 Å². The maximum Gasteiger partial charge on any atom is 0.224 e. The number of benzene rings is 1. The molecule has 3 aliphatic rings. The van der Waals surface area contributed by atoms with Crippen molar-refractivity contribution >= 4 is 11.8 Å². The Morgan fingerprint density at radius 2 is 1.80 bits per heavy atom. The summed E-state index contributed by atoms with van der Waals surface area (Å²) in [7, 11) is 0. The normalized spacial score (nSPS) is 29.7. The van der Waals surface area contributed by atoms with Crippen molar-refractivity contribution in [3.8, 4) is 0 Å². The second-order valence-electron chi connectivity index (χ2n) is 7.85. The lowest BCUT2D eigenvalue weighted by Gasteiger charge is -2.27. The highest BCUT2D eigenvalue weighted by molar-refractivity contribution is 5.80. The molecule has 0 saturated heterocycles. The van der Waals surface area contributed by atoms with E-state index in [9.17, 15) is 9.59 Å². The molecule has 4 unspecified atom stereocenters. The van der Waals surface area contributed by atoms with E-state index >= 15 is 0 Å². The van der Waals surface area contributed by atoms with Crippen LogP contribution < -0.4 is 11.1 Å². The van der Waals surface area contributed by atoms with Crippen LogP contribution in [0.1, 0.15) is 43.2 Å². The van der Waals surface area contributed by atoms with Gasteiger partial charge in [0.1, 0.15) is 0 Å². The molecule has 5 heteroatoms. The molecule has 0 radical (unpaired) electrons. The van der Waals surface area contributed by atoms with Gasteiger partial charge >= 0.3 is 0 Å². The summed E-state index contributed by atoms with van der Waals surface area (Å²) in [4.78, 5) is 26.7. The molecule has 0 aromatic heterocycles. The van der Waals surface area contributed by atoms with Gasteiger partial charge in [0.05, 0.1) is 5.92 Å². The first-order chi connectivity index (χ1) is 12.1. The van der Waals surface area contributed by atoms with E-state index < -0.39 is 0 Å². The highest BCUT2D eigenvalue weighted by Crippen LogP contribution is 2.47. The van der Waals surface area contributed by atoms with E-state index in [0.717, 1.165) is 12.8 Å². The monoisotopic (exact) mass is 341 g/mol. The predicted octanol–water partition coefficient (Wildman–Crippen LogP) is 1.80. The van der Waals surface area contributed by atoms with E-state index in [1.54, 1.807) is 0 Å². The first-order valence-electron chi connectivity index (χ1n) is 9.51. The molecule has 5 nitrogen and oxygen atoms in total. The van der Waals surface area contributed by atoms with E-state index in [1.165, 1.54) is 17.5 Å². The Bertz CT molecular complexity index is 648. The van der Waals surface area contributed by atoms with Crippen LogP contribution >= 0.6 is 0 Å². The first-order valence-corrected chi connectivity index (χ1v) is 9.51. The van der Waals surface area contributed by atoms with Gasteiger partial charge in [0, 0.05) is 32.1 Å². The van der Waals surface area contributed by atoms with Crippen molar-refractivity contribution < 1.29 is 9.59 Å². The van der Waals surface area contributed by atoms with E-state index in [2.05, 4.69) is 17.4 Å². The molecule has 134 valence electrons. The third-order valence-corrected chi connectivity index (χ3v) is 6.34. The Balaban J connectivity index is 1.19. The molecular formula is C20H27N3O2. The summed E-state index contributed by atoms with van der Waals surface area (Å²) in [5, 5.41) is 3.01. The van der Waals surface area contributed by atoms with Crippen molar-refractivity contribution in [1.82, 2.24) is 10.2 Å². The summed E-state index contributed by atoms with van der Waals surface area (Å²) in [6.45, 7) is 1.98. The summed E-state index contributed by atoms with van der Waals surface area (Å²) in [5.74, 6) is 1.27. The topological polar surface area (TPSA) is 75.4 Å². The highest BCUT2D eigenvalue weighted by Gasteiger charge is 2.48. The Morgan fingerprint density at radius 3 is 2.44 bits per heavy atom. The fraction of sp³-hybridized carbons (Fsp3) is 0.600. The van der Waals surface area contributed by atoms with Crippen molar-refractivity contribution in [2.45, 2.75) is 51.2 Å². The van der Waals surface area contributed by atoms with Gasteiger partial charge in [0.15, 0.2) is 0 Å². The third kappa shape index (κ3) is 3.17. The number of nitrogens with zero attached hydrogens (tertiary/aromatic N) is 1. The van der Waals surface area contributed by atoms with Gasteiger partial charge < -0.3 is 16.0 Å². The summed E-state index contributed by atoms with van der Waals surface area (Å²) in [5.41, 5.74) is 8.71. The van der Waals surface area contributed by atoms with Crippen LogP contribution in [0.4, 0.5) is 0 Å². The van der Waals surface area contributed by atoms with E-state index in [1.807, 2.05) is 17.0 Å². The zero-order valence-corrected chi connectivity index (χ0v) is 14.6. The van der Waals surface area contributed by atoms with Crippen LogP contribution in [0.3, 0.4) is 0 Å². The minimum atomic E-state index is -0.0115. The van der Waals surface area contributed by atoms with E-state index in [0.29, 0.717) is 44.3 Å². The molecule has 2 amide bonds. The molecule has 2 aliphatic carbocycles. The largest absolute Gasteiger partial charge is 0.356 e. The number of carbonyl (C=O) groups is 2. The molecule has 1 heterocycles. The SMILES string of the molecule is NC1C2CCC(C2)C1C(=O)NCCCC(=O)N1Cc2ccccc2C1. The van der Waals surface area contributed by atoms with Crippen LogP contribution in [0.2, 0.25) is 0 Å². The van der Waals surface area contributed by atoms with Crippen LogP contribution in [-0.2, 0) is 22.7 Å². The minimum absolute atomic E-state index is 0.0115. The Morgan fingerprint density at radius 1 is 1.12 bits per heavy atom. The molecule has 1 aromatic rings. The van der Waals surface area contributed by atoms with Crippen LogP contribution in [0, 0.1) is 17.8 Å². The highest BCUT2D eigenvalue weighted by atomic mass is 16.2. The van der Waals surface area contributed by atoms with Crippen molar-refractivity contribution in [3.05, 3.63) is 35.4 Å². The average Bonchev–Trinajstić information content (AvgIpc) is 3.31. The standard InChI is InChI=1S/C20H27N3O2/c21-19-14-8-7-13(10-14)18(19)20(25)22-9-3-6-17(24)23-11-15-4-1-2-5-16(15)12-23/h1-2,4-5,13-14,18-19H,3,6-12,21H2,(H,22,25). The van der Waals surface area contributed by atoms with Crippen molar-refractivity contribution in [1.29, 1.82) is 0 Å². The van der Waals surface area contributed by atoms with Gasteiger partial charge in [-0.1, -0.05) is 24.3 Å². The number of fused-ring (bicyclic) bond motifs is 3. The van der Waals surface area contributed by atoms with Crippen LogP contribution in [0.15, 0.2) is 24.3 Å². The molecule has 4 atom stereocenters. The molecular weight excluding hydrogens is 314 g/mol. The first kappa shape index (κ1) is 16.6. The van der Waals surface area contributed by atoms with Gasteiger partial charge in [-0.3, -0.25) is 9.59 Å². The van der Waals surface area contributed by atoms with Gasteiger partial charge in [-0.15, -0.1) is 0 Å². The number of rotatable bonds is 5. The number of hydrogen-bond acceptors (Lipinski definition) is 3. The van der Waals surface area contributed by atoms with Gasteiger partial charge in [-0.25, -0.2) is 0 Å². The zero-order chi connectivity index (χ0) is 17.4. The molecule has 3 N–H and O–H groups in total.